The van der Waals surface area contributed by atoms with Crippen molar-refractivity contribution in [3.63, 3.8) is 0 Å². The van der Waals surface area contributed by atoms with Crippen molar-refractivity contribution in [1.29, 1.82) is 0 Å². The third kappa shape index (κ3) is 2.16. The van der Waals surface area contributed by atoms with Crippen LogP contribution in [0.2, 0.25) is 0 Å². The fraction of sp³-hybridized carbons (Fsp3) is 0.333. The Balaban J connectivity index is 2.11. The molecule has 6 nitrogen and oxygen atoms in total. The Hall–Kier alpha value is -1.82. The second kappa shape index (κ2) is 4.14. The summed E-state index contributed by atoms with van der Waals surface area (Å²) in [5, 5.41) is 11.3. The zero-order valence-corrected chi connectivity index (χ0v) is 7.96. The molecule has 0 unspecified atom stereocenters. The Labute approximate surface area is 86.3 Å². The third-order valence-corrected chi connectivity index (χ3v) is 2.01. The molecule has 1 aliphatic rings. The van der Waals surface area contributed by atoms with Gasteiger partial charge in [0.1, 0.15) is 17.5 Å². The van der Waals surface area contributed by atoms with Crippen LogP contribution in [-0.4, -0.2) is 35.3 Å². The predicted molar refractivity (Wildman–Crippen MR) is 52.0 cm³/mol. The van der Waals surface area contributed by atoms with Gasteiger partial charge >= 0.3 is 0 Å². The lowest BCUT2D eigenvalue weighted by Crippen LogP contribution is -2.38. The topological polar surface area (TPSA) is 90.0 Å². The SMILES string of the molecule is N/C(=N/O)c1cc(OC2COC2)ccn1. The van der Waals surface area contributed by atoms with Crippen LogP contribution < -0.4 is 10.5 Å². The first-order valence-electron chi connectivity index (χ1n) is 4.48. The number of hydrogen-bond donors (Lipinski definition) is 2. The maximum atomic E-state index is 8.48. The van der Waals surface area contributed by atoms with E-state index in [2.05, 4.69) is 10.1 Å². The highest BCUT2D eigenvalue weighted by atomic mass is 16.6. The zero-order valence-electron chi connectivity index (χ0n) is 7.96. The van der Waals surface area contributed by atoms with Gasteiger partial charge in [0.2, 0.25) is 0 Å². The fourth-order valence-electron chi connectivity index (χ4n) is 1.15. The molecule has 0 saturated carbocycles. The van der Waals surface area contributed by atoms with Crippen molar-refractivity contribution >= 4 is 5.84 Å². The lowest BCUT2D eigenvalue weighted by molar-refractivity contribution is -0.0797. The summed E-state index contributed by atoms with van der Waals surface area (Å²) in [5.74, 6) is 0.602. The van der Waals surface area contributed by atoms with E-state index in [0.29, 0.717) is 24.7 Å². The highest BCUT2D eigenvalue weighted by molar-refractivity contribution is 5.95. The molecule has 6 heteroatoms. The van der Waals surface area contributed by atoms with E-state index >= 15 is 0 Å². The average molecular weight is 209 g/mol. The lowest BCUT2D eigenvalue weighted by Gasteiger charge is -2.26. The first-order chi connectivity index (χ1) is 7.29. The van der Waals surface area contributed by atoms with Gasteiger partial charge in [-0.3, -0.25) is 4.98 Å². The van der Waals surface area contributed by atoms with Gasteiger partial charge in [-0.15, -0.1) is 0 Å². The van der Waals surface area contributed by atoms with Crippen LogP contribution in [-0.2, 0) is 4.74 Å². The summed E-state index contributed by atoms with van der Waals surface area (Å²) in [7, 11) is 0. The van der Waals surface area contributed by atoms with Gasteiger partial charge in [-0.25, -0.2) is 0 Å². The average Bonchev–Trinajstić information content (AvgIpc) is 2.23. The molecule has 15 heavy (non-hydrogen) atoms. The minimum absolute atomic E-state index is 0.0368. The highest BCUT2D eigenvalue weighted by Gasteiger charge is 2.20. The smallest absolute Gasteiger partial charge is 0.188 e. The van der Waals surface area contributed by atoms with Gasteiger partial charge < -0.3 is 20.4 Å². The molecule has 2 rings (SSSR count). The highest BCUT2D eigenvalue weighted by Crippen LogP contribution is 2.16. The van der Waals surface area contributed by atoms with Crippen LogP contribution in [0.5, 0.6) is 5.75 Å². The molecule has 0 spiro atoms. The number of nitrogens with zero attached hydrogens (tertiary/aromatic N) is 2. The molecular formula is C9H11N3O3. The summed E-state index contributed by atoms with van der Waals surface area (Å²) in [6.45, 7) is 1.20. The number of nitrogens with two attached hydrogens (primary N) is 1. The van der Waals surface area contributed by atoms with E-state index < -0.39 is 0 Å². The number of aromatic nitrogens is 1. The third-order valence-electron chi connectivity index (χ3n) is 2.01. The molecular weight excluding hydrogens is 198 g/mol. The summed E-state index contributed by atoms with van der Waals surface area (Å²) in [4.78, 5) is 3.93. The normalized spacial score (nSPS) is 17.2. The monoisotopic (exact) mass is 209 g/mol. The van der Waals surface area contributed by atoms with E-state index in [1.807, 2.05) is 0 Å². The quantitative estimate of drug-likeness (QED) is 0.315. The van der Waals surface area contributed by atoms with Crippen LogP contribution in [0.15, 0.2) is 23.5 Å². The lowest BCUT2D eigenvalue weighted by atomic mass is 10.3. The molecule has 0 amide bonds. The summed E-state index contributed by atoms with van der Waals surface area (Å²) in [6.07, 6.45) is 1.63. The van der Waals surface area contributed by atoms with E-state index in [-0.39, 0.29) is 11.9 Å². The van der Waals surface area contributed by atoms with Crippen LogP contribution in [0.4, 0.5) is 0 Å². The van der Waals surface area contributed by atoms with Crippen molar-refractivity contribution in [2.24, 2.45) is 10.9 Å². The van der Waals surface area contributed by atoms with E-state index in [1.54, 1.807) is 18.3 Å². The number of pyridine rings is 1. The second-order valence-electron chi connectivity index (χ2n) is 3.14. The van der Waals surface area contributed by atoms with Crippen LogP contribution in [0.25, 0.3) is 0 Å². The minimum atomic E-state index is -0.0368. The first kappa shape index (κ1) is 9.72. The predicted octanol–water partition coefficient (Wildman–Crippen LogP) is -0.0463. The number of oxime groups is 1. The molecule has 1 aromatic rings. The van der Waals surface area contributed by atoms with Crippen LogP contribution in [0.1, 0.15) is 5.69 Å². The molecule has 1 aromatic heterocycles. The molecule has 1 aliphatic heterocycles. The van der Waals surface area contributed by atoms with Crippen molar-refractivity contribution in [2.45, 2.75) is 6.10 Å². The van der Waals surface area contributed by atoms with Crippen LogP contribution in [0.3, 0.4) is 0 Å². The van der Waals surface area contributed by atoms with Gasteiger partial charge in [0.25, 0.3) is 0 Å². The van der Waals surface area contributed by atoms with E-state index in [9.17, 15) is 0 Å². The fourth-order valence-corrected chi connectivity index (χ4v) is 1.15. The van der Waals surface area contributed by atoms with Gasteiger partial charge in [-0.05, 0) is 6.07 Å². The molecule has 0 aromatic carbocycles. The molecule has 3 N–H and O–H groups in total. The zero-order chi connectivity index (χ0) is 10.7. The van der Waals surface area contributed by atoms with E-state index in [0.717, 1.165) is 0 Å². The maximum absolute atomic E-state index is 8.48. The Morgan fingerprint density at radius 3 is 3.07 bits per heavy atom. The Morgan fingerprint density at radius 1 is 1.67 bits per heavy atom. The molecule has 1 fully saturated rings. The van der Waals surface area contributed by atoms with Gasteiger partial charge in [-0.1, -0.05) is 5.16 Å². The van der Waals surface area contributed by atoms with Crippen molar-refractivity contribution in [1.82, 2.24) is 4.98 Å². The number of hydrogen-bond acceptors (Lipinski definition) is 5. The summed E-state index contributed by atoms with van der Waals surface area (Å²) < 4.78 is 10.5. The van der Waals surface area contributed by atoms with Crippen LogP contribution in [0, 0.1) is 0 Å². The molecule has 0 bridgehead atoms. The first-order valence-corrected chi connectivity index (χ1v) is 4.48. The standard InChI is InChI=1S/C9H11N3O3/c10-9(12-13)8-3-6(1-2-11-8)15-7-4-14-5-7/h1-3,7,13H,4-5H2,(H2,10,12). The van der Waals surface area contributed by atoms with Crippen molar-refractivity contribution in [2.75, 3.05) is 13.2 Å². The maximum Gasteiger partial charge on any atom is 0.188 e. The van der Waals surface area contributed by atoms with Gasteiger partial charge in [0, 0.05) is 12.3 Å². The number of ether oxygens (including phenoxy) is 2. The second-order valence-corrected chi connectivity index (χ2v) is 3.14. The van der Waals surface area contributed by atoms with Crippen molar-refractivity contribution in [3.05, 3.63) is 24.0 Å². The Morgan fingerprint density at radius 2 is 2.47 bits per heavy atom. The Kier molecular flexibility index (Phi) is 2.68. The molecule has 0 aliphatic carbocycles. The molecule has 1 saturated heterocycles. The number of rotatable bonds is 3. The van der Waals surface area contributed by atoms with Crippen molar-refractivity contribution < 1.29 is 14.7 Å². The molecule has 0 radical (unpaired) electrons. The number of amidine groups is 1. The summed E-state index contributed by atoms with van der Waals surface area (Å²) >= 11 is 0. The molecule has 0 atom stereocenters. The van der Waals surface area contributed by atoms with Crippen LogP contribution >= 0.6 is 0 Å². The van der Waals surface area contributed by atoms with Gasteiger partial charge in [0.15, 0.2) is 5.84 Å². The van der Waals surface area contributed by atoms with E-state index in [4.69, 9.17) is 20.4 Å². The largest absolute Gasteiger partial charge is 0.485 e. The van der Waals surface area contributed by atoms with Crippen molar-refractivity contribution in [3.8, 4) is 5.75 Å². The molecule has 80 valence electrons. The van der Waals surface area contributed by atoms with Gasteiger partial charge in [0.05, 0.1) is 13.2 Å². The summed E-state index contributed by atoms with van der Waals surface area (Å²) in [5.41, 5.74) is 5.78. The van der Waals surface area contributed by atoms with E-state index in [1.165, 1.54) is 0 Å². The summed E-state index contributed by atoms with van der Waals surface area (Å²) in [6, 6.07) is 3.33. The van der Waals surface area contributed by atoms with Gasteiger partial charge in [-0.2, -0.15) is 0 Å². The Bertz CT molecular complexity index is 377. The molecule has 2 heterocycles. The minimum Gasteiger partial charge on any atom is -0.485 e.